The molecule has 0 bridgehead atoms. The number of hydrogen-bond acceptors (Lipinski definition) is 5. The number of benzene rings is 2. The maximum absolute atomic E-state index is 15.7. The van der Waals surface area contributed by atoms with E-state index in [2.05, 4.69) is 14.9 Å². The summed E-state index contributed by atoms with van der Waals surface area (Å²) in [6, 6.07) is 13.1. The van der Waals surface area contributed by atoms with Gasteiger partial charge in [-0.3, -0.25) is 4.79 Å². The van der Waals surface area contributed by atoms with Gasteiger partial charge in [0.25, 0.3) is 5.91 Å². The molecule has 3 heterocycles. The number of amides is 1. The second-order valence-corrected chi connectivity index (χ2v) is 9.37. The van der Waals surface area contributed by atoms with Crippen LogP contribution in [0.4, 0.5) is 10.1 Å². The number of aromatic nitrogens is 2. The van der Waals surface area contributed by atoms with Crippen LogP contribution >= 0.6 is 0 Å². The molecule has 1 aliphatic rings. The first kappa shape index (κ1) is 23.8. The zero-order valence-electron chi connectivity index (χ0n) is 21.0. The number of anilines is 1. The molecule has 0 unspecified atom stereocenters. The van der Waals surface area contributed by atoms with Gasteiger partial charge in [0.2, 0.25) is 0 Å². The fraction of sp³-hybridized carbons (Fsp3) is 0.286. The van der Waals surface area contributed by atoms with Crippen molar-refractivity contribution in [3.05, 3.63) is 66.2 Å². The van der Waals surface area contributed by atoms with Crippen LogP contribution < -0.4 is 9.64 Å². The number of pyridine rings is 1. The molecule has 1 amide bonds. The van der Waals surface area contributed by atoms with E-state index in [4.69, 9.17) is 4.74 Å². The molecule has 0 saturated carbocycles. The first-order valence-electron chi connectivity index (χ1n) is 12.0. The van der Waals surface area contributed by atoms with Crippen LogP contribution in [0.25, 0.3) is 33.3 Å². The molecule has 2 aromatic carbocycles. The van der Waals surface area contributed by atoms with Gasteiger partial charge in [-0.25, -0.2) is 9.37 Å². The number of nitrogens with one attached hydrogen (secondary N) is 1. The molecule has 0 radical (unpaired) electrons. The van der Waals surface area contributed by atoms with Crippen molar-refractivity contribution in [2.24, 2.45) is 0 Å². The van der Waals surface area contributed by atoms with Crippen molar-refractivity contribution < 1.29 is 13.9 Å². The monoisotopic (exact) mass is 487 g/mol. The molecule has 0 atom stereocenters. The Bertz CT molecular complexity index is 1420. The van der Waals surface area contributed by atoms with E-state index < -0.39 is 5.82 Å². The predicted octanol–water partition coefficient (Wildman–Crippen LogP) is 4.50. The number of likely N-dealkylation sites (N-methyl/N-ethyl adjacent to an activating group) is 1. The summed E-state index contributed by atoms with van der Waals surface area (Å²) >= 11 is 0. The van der Waals surface area contributed by atoms with Crippen molar-refractivity contribution in [3.8, 4) is 28.0 Å². The number of ether oxygens (including phenoxy) is 1. The summed E-state index contributed by atoms with van der Waals surface area (Å²) in [5.74, 6) is 0.127. The molecule has 2 aromatic heterocycles. The number of fused-ring (bicyclic) bond motifs is 1. The number of hydrogen-bond donors (Lipinski definition) is 1. The number of piperazine rings is 1. The predicted molar refractivity (Wildman–Crippen MR) is 141 cm³/mol. The van der Waals surface area contributed by atoms with Crippen LogP contribution in [0.15, 0.2) is 54.9 Å². The third-order valence-corrected chi connectivity index (χ3v) is 6.78. The van der Waals surface area contributed by atoms with E-state index in [1.807, 2.05) is 48.5 Å². The number of para-hydroxylation sites is 1. The summed E-state index contributed by atoms with van der Waals surface area (Å²) in [5.41, 5.74) is 4.67. The highest BCUT2D eigenvalue weighted by Crippen LogP contribution is 2.37. The average molecular weight is 488 g/mol. The summed E-state index contributed by atoms with van der Waals surface area (Å²) in [5, 5.41) is 0.890. The van der Waals surface area contributed by atoms with E-state index in [0.29, 0.717) is 29.9 Å². The molecule has 1 aliphatic heterocycles. The minimum atomic E-state index is -0.402. The summed E-state index contributed by atoms with van der Waals surface area (Å²) in [4.78, 5) is 26.7. The lowest BCUT2D eigenvalue weighted by Crippen LogP contribution is -2.45. The molecule has 1 fully saturated rings. The summed E-state index contributed by atoms with van der Waals surface area (Å²) in [7, 11) is 7.07. The maximum atomic E-state index is 15.7. The number of methoxy groups -OCH3 is 1. The van der Waals surface area contributed by atoms with E-state index in [0.717, 1.165) is 46.6 Å². The van der Waals surface area contributed by atoms with Crippen molar-refractivity contribution in [2.75, 3.05) is 59.3 Å². The molecule has 5 rings (SSSR count). The van der Waals surface area contributed by atoms with Crippen LogP contribution in [0.2, 0.25) is 0 Å². The molecular formula is C28H30FN5O2. The molecule has 36 heavy (non-hydrogen) atoms. The van der Waals surface area contributed by atoms with E-state index in [-0.39, 0.29) is 5.91 Å². The molecule has 1 N–H and O–H groups in total. The van der Waals surface area contributed by atoms with Gasteiger partial charge in [0.05, 0.1) is 18.4 Å². The number of H-pyrrole nitrogens is 1. The van der Waals surface area contributed by atoms with E-state index >= 15 is 4.39 Å². The van der Waals surface area contributed by atoms with Gasteiger partial charge in [-0.15, -0.1) is 0 Å². The normalized spacial score (nSPS) is 14.3. The van der Waals surface area contributed by atoms with Crippen molar-refractivity contribution in [2.45, 2.75) is 0 Å². The summed E-state index contributed by atoms with van der Waals surface area (Å²) in [6.45, 7) is 2.96. The van der Waals surface area contributed by atoms with Gasteiger partial charge in [0.1, 0.15) is 17.2 Å². The van der Waals surface area contributed by atoms with Crippen molar-refractivity contribution in [3.63, 3.8) is 0 Å². The fourth-order valence-corrected chi connectivity index (χ4v) is 4.77. The van der Waals surface area contributed by atoms with Gasteiger partial charge in [-0.05, 0) is 36.9 Å². The molecular weight excluding hydrogens is 457 g/mol. The quantitative estimate of drug-likeness (QED) is 0.449. The largest absolute Gasteiger partial charge is 0.496 e. The zero-order chi connectivity index (χ0) is 25.4. The minimum Gasteiger partial charge on any atom is -0.496 e. The second kappa shape index (κ2) is 9.62. The Morgan fingerprint density at radius 2 is 1.81 bits per heavy atom. The van der Waals surface area contributed by atoms with Gasteiger partial charge in [0, 0.05) is 74.7 Å². The van der Waals surface area contributed by atoms with Gasteiger partial charge in [-0.2, -0.15) is 0 Å². The number of rotatable bonds is 5. The highest BCUT2D eigenvalue weighted by molar-refractivity contribution is 6.02. The number of carbonyl (C=O) groups excluding carboxylic acids is 1. The SMILES string of the molecule is COc1ccccc1-c1c[nH]c2ncc(-c3cc(F)c(N4CCN(C)CC4)c(C(=O)N(C)C)c3)cc12. The van der Waals surface area contributed by atoms with Gasteiger partial charge >= 0.3 is 0 Å². The highest BCUT2D eigenvalue weighted by atomic mass is 19.1. The molecule has 4 aromatic rings. The highest BCUT2D eigenvalue weighted by Gasteiger charge is 2.26. The third kappa shape index (κ3) is 4.28. The van der Waals surface area contributed by atoms with Gasteiger partial charge in [0.15, 0.2) is 0 Å². The Morgan fingerprint density at radius 1 is 1.06 bits per heavy atom. The Balaban J connectivity index is 1.63. The second-order valence-electron chi connectivity index (χ2n) is 9.37. The van der Waals surface area contributed by atoms with Crippen LogP contribution in [0.5, 0.6) is 5.75 Å². The lowest BCUT2D eigenvalue weighted by molar-refractivity contribution is 0.0827. The van der Waals surface area contributed by atoms with Crippen molar-refractivity contribution in [1.82, 2.24) is 19.8 Å². The van der Waals surface area contributed by atoms with E-state index in [1.165, 1.54) is 11.0 Å². The Morgan fingerprint density at radius 3 is 2.53 bits per heavy atom. The number of halogens is 1. The third-order valence-electron chi connectivity index (χ3n) is 6.78. The standard InChI is InChI=1S/C28H30FN5O2/c1-32(2)28(35)22-13-18(15-24(29)26(22)34-11-9-33(3)10-12-34)19-14-21-23(17-31-27(21)30-16-19)20-7-5-6-8-25(20)36-4/h5-8,13-17H,9-12H2,1-4H3,(H,30,31). The lowest BCUT2D eigenvalue weighted by Gasteiger charge is -2.35. The smallest absolute Gasteiger partial charge is 0.255 e. The van der Waals surface area contributed by atoms with Crippen LogP contribution in [-0.4, -0.2) is 80.1 Å². The van der Waals surface area contributed by atoms with E-state index in [1.54, 1.807) is 33.5 Å². The molecule has 8 heteroatoms. The topological polar surface area (TPSA) is 64.7 Å². The first-order chi connectivity index (χ1) is 17.4. The zero-order valence-corrected chi connectivity index (χ0v) is 21.0. The van der Waals surface area contributed by atoms with Crippen molar-refractivity contribution >= 4 is 22.6 Å². The molecule has 0 spiro atoms. The first-order valence-corrected chi connectivity index (χ1v) is 12.0. The van der Waals surface area contributed by atoms with Crippen LogP contribution in [0, 0.1) is 5.82 Å². The van der Waals surface area contributed by atoms with Crippen LogP contribution in [-0.2, 0) is 0 Å². The minimum absolute atomic E-state index is 0.227. The molecule has 1 saturated heterocycles. The summed E-state index contributed by atoms with van der Waals surface area (Å²) < 4.78 is 21.3. The average Bonchev–Trinajstić information content (AvgIpc) is 3.31. The van der Waals surface area contributed by atoms with Crippen molar-refractivity contribution in [1.29, 1.82) is 0 Å². The molecule has 0 aliphatic carbocycles. The Hall–Kier alpha value is -3.91. The Kier molecular flexibility index (Phi) is 6.36. The fourth-order valence-electron chi connectivity index (χ4n) is 4.77. The maximum Gasteiger partial charge on any atom is 0.255 e. The molecule has 186 valence electrons. The van der Waals surface area contributed by atoms with Gasteiger partial charge < -0.3 is 24.4 Å². The number of carbonyl (C=O) groups is 1. The van der Waals surface area contributed by atoms with Gasteiger partial charge in [-0.1, -0.05) is 18.2 Å². The van der Waals surface area contributed by atoms with Crippen LogP contribution in [0.3, 0.4) is 0 Å². The number of aromatic amines is 1. The number of nitrogens with zero attached hydrogens (tertiary/aromatic N) is 4. The van der Waals surface area contributed by atoms with E-state index in [9.17, 15) is 4.79 Å². The molecule has 7 nitrogen and oxygen atoms in total. The van der Waals surface area contributed by atoms with Crippen LogP contribution in [0.1, 0.15) is 10.4 Å². The lowest BCUT2D eigenvalue weighted by atomic mass is 9.98. The Labute approximate surface area is 210 Å². The summed E-state index contributed by atoms with van der Waals surface area (Å²) in [6.07, 6.45) is 3.61.